The molecule has 136 valence electrons. The third-order valence-corrected chi connectivity index (χ3v) is 4.90. The van der Waals surface area contributed by atoms with Crippen molar-refractivity contribution in [2.45, 2.75) is 58.0 Å². The van der Waals surface area contributed by atoms with Crippen molar-refractivity contribution in [2.75, 3.05) is 19.6 Å². The van der Waals surface area contributed by atoms with Gasteiger partial charge in [-0.15, -0.1) is 0 Å². The molecule has 2 aromatic rings. The van der Waals surface area contributed by atoms with Crippen molar-refractivity contribution in [3.05, 3.63) is 30.5 Å². The summed E-state index contributed by atoms with van der Waals surface area (Å²) in [6.07, 6.45) is 7.53. The number of rotatable bonds is 6. The highest BCUT2D eigenvalue weighted by Gasteiger charge is 2.24. The number of carbonyl (C=O) groups is 1. The predicted molar refractivity (Wildman–Crippen MR) is 101 cm³/mol. The van der Waals surface area contributed by atoms with Gasteiger partial charge >= 0.3 is 0 Å². The lowest BCUT2D eigenvalue weighted by Crippen LogP contribution is -2.51. The van der Waals surface area contributed by atoms with Crippen molar-refractivity contribution >= 4 is 16.8 Å². The third kappa shape index (κ3) is 5.05. The maximum Gasteiger partial charge on any atom is 0.222 e. The number of benzene rings is 1. The van der Waals surface area contributed by atoms with Gasteiger partial charge in [-0.2, -0.15) is 5.10 Å². The van der Waals surface area contributed by atoms with Gasteiger partial charge in [0.05, 0.1) is 18.3 Å². The first-order chi connectivity index (χ1) is 12.0. The zero-order valence-corrected chi connectivity index (χ0v) is 15.5. The van der Waals surface area contributed by atoms with E-state index in [9.17, 15) is 4.79 Å². The average Bonchev–Trinajstić information content (AvgIpc) is 2.81. The maximum absolute atomic E-state index is 12.4. The van der Waals surface area contributed by atoms with E-state index in [1.807, 2.05) is 35.1 Å². The van der Waals surface area contributed by atoms with Crippen LogP contribution in [-0.4, -0.2) is 45.8 Å². The molecule has 1 amide bonds. The molecule has 1 aliphatic heterocycles. The van der Waals surface area contributed by atoms with Gasteiger partial charge in [0.1, 0.15) is 0 Å². The largest absolute Gasteiger partial charge is 0.350 e. The third-order valence-electron chi connectivity index (χ3n) is 4.90. The highest BCUT2D eigenvalue weighted by molar-refractivity contribution is 5.79. The first-order valence-electron chi connectivity index (χ1n) is 9.47. The minimum Gasteiger partial charge on any atom is -0.350 e. The van der Waals surface area contributed by atoms with Gasteiger partial charge < -0.3 is 10.2 Å². The normalized spacial score (nSPS) is 16.7. The van der Waals surface area contributed by atoms with Crippen LogP contribution in [0.25, 0.3) is 10.9 Å². The Morgan fingerprint density at radius 2 is 1.88 bits per heavy atom. The summed E-state index contributed by atoms with van der Waals surface area (Å²) in [5.41, 5.74) is 0.882. The monoisotopic (exact) mass is 342 g/mol. The lowest BCUT2D eigenvalue weighted by molar-refractivity contribution is -0.123. The number of carbonyl (C=O) groups excluding carboxylic acids is 1. The van der Waals surface area contributed by atoms with E-state index in [1.54, 1.807) is 0 Å². The highest BCUT2D eigenvalue weighted by Crippen LogP contribution is 2.15. The molecular weight excluding hydrogens is 312 g/mol. The summed E-state index contributed by atoms with van der Waals surface area (Å²) in [4.78, 5) is 14.9. The summed E-state index contributed by atoms with van der Waals surface area (Å²) in [7, 11) is 0. The van der Waals surface area contributed by atoms with Crippen LogP contribution in [0.3, 0.4) is 0 Å². The fourth-order valence-corrected chi connectivity index (χ4v) is 3.74. The van der Waals surface area contributed by atoms with Crippen LogP contribution in [0.15, 0.2) is 30.5 Å². The fourth-order valence-electron chi connectivity index (χ4n) is 3.74. The Morgan fingerprint density at radius 3 is 2.64 bits per heavy atom. The molecule has 1 fully saturated rings. The molecule has 0 atom stereocenters. The SMILES string of the molecule is CC(C)(CN1CCCCCC1)NC(=O)CCn1ncc2ccccc21. The molecule has 1 aromatic heterocycles. The number of para-hydroxylation sites is 1. The van der Waals surface area contributed by atoms with Crippen LogP contribution >= 0.6 is 0 Å². The Morgan fingerprint density at radius 1 is 1.16 bits per heavy atom. The molecule has 0 radical (unpaired) electrons. The Hall–Kier alpha value is -1.88. The summed E-state index contributed by atoms with van der Waals surface area (Å²) in [6.45, 7) is 8.08. The second-order valence-corrected chi connectivity index (χ2v) is 7.80. The first kappa shape index (κ1) is 17.9. The molecule has 1 saturated heterocycles. The Bertz CT molecular complexity index is 699. The molecule has 0 spiro atoms. The standard InChI is InChI=1S/C20H30N4O/c1-20(2,16-23-12-7-3-4-8-13-23)22-19(25)11-14-24-18-10-6-5-9-17(18)15-21-24/h5-6,9-10,15H,3-4,7-8,11-14,16H2,1-2H3,(H,22,25). The van der Waals surface area contributed by atoms with E-state index in [-0.39, 0.29) is 11.4 Å². The Labute approximate surface area is 150 Å². The lowest BCUT2D eigenvalue weighted by Gasteiger charge is -2.33. The van der Waals surface area contributed by atoms with Crippen molar-refractivity contribution in [1.82, 2.24) is 20.0 Å². The molecule has 1 aliphatic rings. The summed E-state index contributed by atoms with van der Waals surface area (Å²) >= 11 is 0. The molecule has 0 aliphatic carbocycles. The van der Waals surface area contributed by atoms with Gasteiger partial charge in [0.25, 0.3) is 0 Å². The Balaban J connectivity index is 1.50. The molecule has 2 heterocycles. The molecule has 5 heteroatoms. The molecule has 5 nitrogen and oxygen atoms in total. The van der Waals surface area contributed by atoms with Gasteiger partial charge in [-0.05, 0) is 45.8 Å². The number of likely N-dealkylation sites (tertiary alicyclic amines) is 1. The minimum absolute atomic E-state index is 0.0967. The molecule has 3 rings (SSSR count). The second kappa shape index (κ2) is 8.00. The quantitative estimate of drug-likeness (QED) is 0.877. The van der Waals surface area contributed by atoms with Crippen LogP contribution in [0.5, 0.6) is 0 Å². The first-order valence-corrected chi connectivity index (χ1v) is 9.47. The zero-order chi connectivity index (χ0) is 17.7. The van der Waals surface area contributed by atoms with E-state index >= 15 is 0 Å². The Kier molecular flexibility index (Phi) is 5.74. The summed E-state index contributed by atoms with van der Waals surface area (Å²) in [5.74, 6) is 0.0967. The van der Waals surface area contributed by atoms with E-state index in [0.29, 0.717) is 13.0 Å². The number of aromatic nitrogens is 2. The average molecular weight is 342 g/mol. The van der Waals surface area contributed by atoms with Crippen LogP contribution in [0.4, 0.5) is 0 Å². The van der Waals surface area contributed by atoms with Gasteiger partial charge in [-0.25, -0.2) is 0 Å². The van der Waals surface area contributed by atoms with E-state index in [4.69, 9.17) is 0 Å². The van der Waals surface area contributed by atoms with E-state index in [2.05, 4.69) is 29.2 Å². The minimum atomic E-state index is -0.201. The lowest BCUT2D eigenvalue weighted by atomic mass is 10.0. The number of hydrogen-bond donors (Lipinski definition) is 1. The van der Waals surface area contributed by atoms with E-state index < -0.39 is 0 Å². The molecule has 1 aromatic carbocycles. The summed E-state index contributed by atoms with van der Waals surface area (Å²) in [5, 5.41) is 8.72. The van der Waals surface area contributed by atoms with Gasteiger partial charge in [0.15, 0.2) is 0 Å². The van der Waals surface area contributed by atoms with Gasteiger partial charge in [0, 0.05) is 23.9 Å². The number of fused-ring (bicyclic) bond motifs is 1. The van der Waals surface area contributed by atoms with Crippen LogP contribution in [0.1, 0.15) is 46.0 Å². The second-order valence-electron chi connectivity index (χ2n) is 7.80. The van der Waals surface area contributed by atoms with Crippen molar-refractivity contribution < 1.29 is 4.79 Å². The van der Waals surface area contributed by atoms with Crippen LogP contribution in [0, 0.1) is 0 Å². The van der Waals surface area contributed by atoms with E-state index in [1.165, 1.54) is 25.7 Å². The summed E-state index contributed by atoms with van der Waals surface area (Å²) in [6, 6.07) is 8.10. The van der Waals surface area contributed by atoms with Crippen LogP contribution in [0.2, 0.25) is 0 Å². The van der Waals surface area contributed by atoms with Crippen LogP contribution < -0.4 is 5.32 Å². The predicted octanol–water partition coefficient (Wildman–Crippen LogP) is 3.20. The van der Waals surface area contributed by atoms with Crippen molar-refractivity contribution in [3.8, 4) is 0 Å². The molecule has 25 heavy (non-hydrogen) atoms. The molecule has 0 saturated carbocycles. The van der Waals surface area contributed by atoms with Crippen molar-refractivity contribution in [1.29, 1.82) is 0 Å². The molecule has 0 bridgehead atoms. The molecular formula is C20H30N4O. The van der Waals surface area contributed by atoms with E-state index in [0.717, 1.165) is 30.5 Å². The van der Waals surface area contributed by atoms with Gasteiger partial charge in [-0.1, -0.05) is 31.0 Å². The number of aryl methyl sites for hydroxylation is 1. The molecule has 1 N–H and O–H groups in total. The number of nitrogens with one attached hydrogen (secondary N) is 1. The summed E-state index contributed by atoms with van der Waals surface area (Å²) < 4.78 is 1.91. The topological polar surface area (TPSA) is 50.2 Å². The maximum atomic E-state index is 12.4. The van der Waals surface area contributed by atoms with Crippen molar-refractivity contribution in [2.24, 2.45) is 0 Å². The fraction of sp³-hybridized carbons (Fsp3) is 0.600. The highest BCUT2D eigenvalue weighted by atomic mass is 16.1. The van der Waals surface area contributed by atoms with Gasteiger partial charge in [0.2, 0.25) is 5.91 Å². The van der Waals surface area contributed by atoms with Gasteiger partial charge in [-0.3, -0.25) is 9.48 Å². The number of hydrogen-bond acceptors (Lipinski definition) is 3. The number of nitrogens with zero attached hydrogens (tertiary/aromatic N) is 3. The zero-order valence-electron chi connectivity index (χ0n) is 15.5. The number of amides is 1. The van der Waals surface area contributed by atoms with Crippen molar-refractivity contribution in [3.63, 3.8) is 0 Å². The molecule has 0 unspecified atom stereocenters. The van der Waals surface area contributed by atoms with Crippen LogP contribution in [-0.2, 0) is 11.3 Å². The smallest absolute Gasteiger partial charge is 0.222 e.